The molecule has 0 amide bonds. The van der Waals surface area contributed by atoms with E-state index in [4.69, 9.17) is 4.74 Å². The molecule has 21 heavy (non-hydrogen) atoms. The molecule has 122 valence electrons. The lowest BCUT2D eigenvalue weighted by Crippen LogP contribution is -2.27. The molecule has 0 unspecified atom stereocenters. The maximum Gasteiger partial charge on any atom is 0.390 e. The number of nitrogens with one attached hydrogen (secondary N) is 1. The van der Waals surface area contributed by atoms with Crippen LogP contribution in [0.25, 0.3) is 0 Å². The smallest absolute Gasteiger partial charge is 0.383 e. The second-order valence-corrected chi connectivity index (χ2v) is 4.97. The molecular weight excluding hydrogens is 285 g/mol. The van der Waals surface area contributed by atoms with E-state index in [0.717, 1.165) is 11.3 Å². The van der Waals surface area contributed by atoms with Gasteiger partial charge in [0.05, 0.1) is 18.7 Å². The monoisotopic (exact) mass is 308 g/mol. The van der Waals surface area contributed by atoms with E-state index in [1.54, 1.807) is 30.8 Å². The first-order valence-corrected chi connectivity index (χ1v) is 6.76. The molecule has 0 aliphatic carbocycles. The predicted octanol–water partition coefficient (Wildman–Crippen LogP) is 1.85. The molecule has 0 aromatic carbocycles. The Morgan fingerprint density at radius 2 is 2.05 bits per heavy atom. The number of alkyl halides is 3. The number of aromatic nitrogens is 2. The lowest BCUT2D eigenvalue weighted by Gasteiger charge is -2.22. The Hall–Kier alpha value is -1.28. The summed E-state index contributed by atoms with van der Waals surface area (Å²) >= 11 is 0. The summed E-state index contributed by atoms with van der Waals surface area (Å²) in [5, 5.41) is 7.50. The first kappa shape index (κ1) is 17.8. The summed E-state index contributed by atoms with van der Waals surface area (Å²) in [5.74, 6) is 0.710. The quantitative estimate of drug-likeness (QED) is 0.744. The number of rotatable bonds is 8. The summed E-state index contributed by atoms with van der Waals surface area (Å²) in [6.07, 6.45) is -5.00. The number of aryl methyl sites for hydroxylation is 2. The van der Waals surface area contributed by atoms with E-state index in [-0.39, 0.29) is 6.54 Å². The van der Waals surface area contributed by atoms with Crippen molar-refractivity contribution in [1.82, 2.24) is 15.1 Å². The Labute approximate surface area is 123 Å². The largest absolute Gasteiger partial charge is 0.390 e. The summed E-state index contributed by atoms with van der Waals surface area (Å²) in [6.45, 7) is 3.58. The van der Waals surface area contributed by atoms with E-state index in [0.29, 0.717) is 25.5 Å². The highest BCUT2D eigenvalue weighted by Gasteiger charge is 2.28. The van der Waals surface area contributed by atoms with Crippen LogP contribution in [0.4, 0.5) is 19.0 Å². The molecule has 0 saturated carbocycles. The van der Waals surface area contributed by atoms with Gasteiger partial charge in [0.2, 0.25) is 0 Å². The van der Waals surface area contributed by atoms with Gasteiger partial charge in [0.15, 0.2) is 0 Å². The molecular formula is C13H23F3N4O. The van der Waals surface area contributed by atoms with Crippen LogP contribution in [0.2, 0.25) is 0 Å². The molecule has 0 radical (unpaired) electrons. The summed E-state index contributed by atoms with van der Waals surface area (Å²) in [7, 11) is 5.01. The van der Waals surface area contributed by atoms with Crippen molar-refractivity contribution >= 4 is 5.82 Å². The second kappa shape index (κ2) is 7.65. The minimum absolute atomic E-state index is 0.0897. The third-order valence-corrected chi connectivity index (χ3v) is 3.19. The minimum atomic E-state index is -4.15. The van der Waals surface area contributed by atoms with Gasteiger partial charge in [-0.1, -0.05) is 0 Å². The van der Waals surface area contributed by atoms with Gasteiger partial charge in [0.1, 0.15) is 5.82 Å². The normalized spacial score (nSPS) is 12.0. The molecule has 0 aliphatic heterocycles. The number of ether oxygens (including phenoxy) is 1. The topological polar surface area (TPSA) is 42.3 Å². The number of methoxy groups -OCH3 is 1. The molecule has 0 saturated heterocycles. The van der Waals surface area contributed by atoms with E-state index < -0.39 is 12.6 Å². The molecule has 0 fully saturated rings. The molecule has 5 nitrogen and oxygen atoms in total. The van der Waals surface area contributed by atoms with E-state index in [2.05, 4.69) is 10.4 Å². The van der Waals surface area contributed by atoms with Crippen molar-refractivity contribution < 1.29 is 17.9 Å². The fraction of sp³-hybridized carbons (Fsp3) is 0.769. The van der Waals surface area contributed by atoms with Crippen molar-refractivity contribution in [2.75, 3.05) is 38.8 Å². The zero-order chi connectivity index (χ0) is 16.0. The minimum Gasteiger partial charge on any atom is -0.383 e. The van der Waals surface area contributed by atoms with Crippen molar-refractivity contribution in [2.45, 2.75) is 26.1 Å². The number of nitrogens with zero attached hydrogens (tertiary/aromatic N) is 3. The Morgan fingerprint density at radius 1 is 1.38 bits per heavy atom. The molecule has 1 aromatic rings. The maximum atomic E-state index is 12.4. The third kappa shape index (κ3) is 5.55. The van der Waals surface area contributed by atoms with Crippen molar-refractivity contribution in [3.63, 3.8) is 0 Å². The molecule has 0 atom stereocenters. The van der Waals surface area contributed by atoms with Crippen LogP contribution in [0.5, 0.6) is 0 Å². The highest BCUT2D eigenvalue weighted by Crippen LogP contribution is 2.25. The number of anilines is 1. The van der Waals surface area contributed by atoms with E-state index in [9.17, 15) is 13.2 Å². The molecule has 0 aliphatic rings. The van der Waals surface area contributed by atoms with Crippen LogP contribution >= 0.6 is 0 Å². The fourth-order valence-electron chi connectivity index (χ4n) is 2.16. The van der Waals surface area contributed by atoms with Crippen LogP contribution in [-0.4, -0.2) is 49.8 Å². The summed E-state index contributed by atoms with van der Waals surface area (Å²) in [6, 6.07) is 0. The molecule has 0 spiro atoms. The van der Waals surface area contributed by atoms with E-state index in [1.165, 1.54) is 0 Å². The molecule has 8 heteroatoms. The van der Waals surface area contributed by atoms with Crippen LogP contribution in [0.3, 0.4) is 0 Å². The third-order valence-electron chi connectivity index (χ3n) is 3.19. The van der Waals surface area contributed by atoms with Crippen molar-refractivity contribution in [3.05, 3.63) is 11.3 Å². The van der Waals surface area contributed by atoms with Crippen molar-refractivity contribution in [2.24, 2.45) is 7.05 Å². The Kier molecular flexibility index (Phi) is 6.47. The lowest BCUT2D eigenvalue weighted by atomic mass is 10.2. The van der Waals surface area contributed by atoms with Gasteiger partial charge in [0.25, 0.3) is 0 Å². The highest BCUT2D eigenvalue weighted by atomic mass is 19.4. The van der Waals surface area contributed by atoms with Gasteiger partial charge in [-0.3, -0.25) is 4.68 Å². The Morgan fingerprint density at radius 3 is 2.62 bits per heavy atom. The van der Waals surface area contributed by atoms with Crippen molar-refractivity contribution in [1.29, 1.82) is 0 Å². The molecule has 1 aromatic heterocycles. The zero-order valence-corrected chi connectivity index (χ0v) is 12.9. The first-order valence-electron chi connectivity index (χ1n) is 6.76. The number of hydrogen-bond donors (Lipinski definition) is 1. The van der Waals surface area contributed by atoms with Gasteiger partial charge in [-0.25, -0.2) is 0 Å². The fourth-order valence-corrected chi connectivity index (χ4v) is 2.16. The molecule has 0 bridgehead atoms. The lowest BCUT2D eigenvalue weighted by molar-refractivity contribution is -0.132. The molecule has 1 rings (SSSR count). The van der Waals surface area contributed by atoms with E-state index >= 15 is 0 Å². The van der Waals surface area contributed by atoms with Gasteiger partial charge in [0, 0.05) is 46.4 Å². The Balaban J connectivity index is 2.75. The molecule has 1 N–H and O–H groups in total. The summed E-state index contributed by atoms with van der Waals surface area (Å²) in [4.78, 5) is 1.60. The summed E-state index contributed by atoms with van der Waals surface area (Å²) < 4.78 is 43.6. The van der Waals surface area contributed by atoms with Crippen LogP contribution in [-0.2, 0) is 18.3 Å². The van der Waals surface area contributed by atoms with Gasteiger partial charge < -0.3 is 15.0 Å². The Bertz CT molecular complexity index is 445. The average Bonchev–Trinajstić information content (AvgIpc) is 2.66. The second-order valence-electron chi connectivity index (χ2n) is 4.97. The highest BCUT2D eigenvalue weighted by molar-refractivity contribution is 5.49. The molecule has 1 heterocycles. The first-order chi connectivity index (χ1) is 9.76. The predicted molar refractivity (Wildman–Crippen MR) is 75.5 cm³/mol. The van der Waals surface area contributed by atoms with Crippen molar-refractivity contribution in [3.8, 4) is 0 Å². The average molecular weight is 308 g/mol. The standard InChI is InChI=1S/C13H23F3N4O/c1-10-11(9-17-6-8-21-4)12(20(3)18-10)19(2)7-5-13(14,15)16/h17H,5-9H2,1-4H3. The number of halogens is 3. The van der Waals surface area contributed by atoms with Gasteiger partial charge in [-0.2, -0.15) is 18.3 Å². The van der Waals surface area contributed by atoms with Gasteiger partial charge >= 0.3 is 6.18 Å². The SMILES string of the molecule is COCCNCc1c(C)nn(C)c1N(C)CCC(F)(F)F. The van der Waals surface area contributed by atoms with Crippen LogP contribution in [0.15, 0.2) is 0 Å². The van der Waals surface area contributed by atoms with Crippen LogP contribution in [0, 0.1) is 6.92 Å². The number of hydrogen-bond acceptors (Lipinski definition) is 4. The van der Waals surface area contributed by atoms with E-state index in [1.807, 2.05) is 6.92 Å². The van der Waals surface area contributed by atoms with Gasteiger partial charge in [-0.05, 0) is 6.92 Å². The van der Waals surface area contributed by atoms with Gasteiger partial charge in [-0.15, -0.1) is 0 Å². The van der Waals surface area contributed by atoms with Crippen LogP contribution in [0.1, 0.15) is 17.7 Å². The zero-order valence-electron chi connectivity index (χ0n) is 12.9. The summed E-state index contributed by atoms with van der Waals surface area (Å²) in [5.41, 5.74) is 1.73. The van der Waals surface area contributed by atoms with Crippen LogP contribution < -0.4 is 10.2 Å². The maximum absolute atomic E-state index is 12.4.